The molecule has 1 unspecified atom stereocenters. The highest BCUT2D eigenvalue weighted by Gasteiger charge is 2.18. The number of benzene rings is 1. The first-order chi connectivity index (χ1) is 10.0. The van der Waals surface area contributed by atoms with Crippen molar-refractivity contribution in [2.75, 3.05) is 6.54 Å². The first kappa shape index (κ1) is 17.1. The average molecular weight is 363 g/mol. The summed E-state index contributed by atoms with van der Waals surface area (Å²) in [5, 5.41) is 4.34. The Bertz CT molecular complexity index is 610. The van der Waals surface area contributed by atoms with Crippen LogP contribution in [0.5, 0.6) is 0 Å². The lowest BCUT2D eigenvalue weighted by Gasteiger charge is -2.19. The molecule has 0 aliphatic carbocycles. The second-order valence-corrected chi connectivity index (χ2v) is 7.78. The van der Waals surface area contributed by atoms with Gasteiger partial charge in [-0.25, -0.2) is 0 Å². The molecule has 0 saturated carbocycles. The van der Waals surface area contributed by atoms with Gasteiger partial charge in [-0.05, 0) is 49.6 Å². The Morgan fingerprint density at radius 1 is 1.19 bits per heavy atom. The summed E-state index contributed by atoms with van der Waals surface area (Å²) in [6.45, 7) is 5.11. The van der Waals surface area contributed by atoms with Gasteiger partial charge in [-0.15, -0.1) is 11.3 Å². The molecular weight excluding hydrogens is 345 g/mol. The zero-order chi connectivity index (χ0) is 15.4. The average Bonchev–Trinajstić information content (AvgIpc) is 2.76. The fraction of sp³-hybridized carbons (Fsp3) is 0.375. The normalized spacial score (nSPS) is 12.6. The molecule has 1 N–H and O–H groups in total. The van der Waals surface area contributed by atoms with Gasteiger partial charge >= 0.3 is 0 Å². The van der Waals surface area contributed by atoms with Crippen molar-refractivity contribution in [3.05, 3.63) is 54.7 Å². The lowest BCUT2D eigenvalue weighted by atomic mass is 10.00. The molecule has 1 nitrogen and oxygen atoms in total. The molecule has 114 valence electrons. The van der Waals surface area contributed by atoms with Crippen LogP contribution in [0.15, 0.2) is 24.3 Å². The summed E-state index contributed by atoms with van der Waals surface area (Å²) in [7, 11) is 0. The number of nitrogens with one attached hydrogen (secondary N) is 1. The molecule has 0 amide bonds. The van der Waals surface area contributed by atoms with E-state index in [1.54, 1.807) is 0 Å². The van der Waals surface area contributed by atoms with Crippen LogP contribution in [0.3, 0.4) is 0 Å². The fourth-order valence-electron chi connectivity index (χ4n) is 2.24. The quantitative estimate of drug-likeness (QED) is 0.635. The van der Waals surface area contributed by atoms with Gasteiger partial charge in [0.15, 0.2) is 0 Å². The molecule has 0 radical (unpaired) electrons. The van der Waals surface area contributed by atoms with Gasteiger partial charge in [0, 0.05) is 16.6 Å². The minimum Gasteiger partial charge on any atom is -0.310 e. The van der Waals surface area contributed by atoms with Gasteiger partial charge in [0.05, 0.1) is 8.67 Å². The molecule has 1 aromatic heterocycles. The van der Waals surface area contributed by atoms with Crippen LogP contribution in [-0.2, 0) is 6.42 Å². The molecule has 0 bridgehead atoms. The zero-order valence-electron chi connectivity index (χ0n) is 12.1. The molecule has 21 heavy (non-hydrogen) atoms. The topological polar surface area (TPSA) is 12.0 Å². The molecule has 0 spiro atoms. The molecule has 1 heterocycles. The molecule has 1 aromatic carbocycles. The van der Waals surface area contributed by atoms with Crippen molar-refractivity contribution in [1.29, 1.82) is 0 Å². The van der Waals surface area contributed by atoms with Gasteiger partial charge in [-0.3, -0.25) is 0 Å². The van der Waals surface area contributed by atoms with Gasteiger partial charge in [0.2, 0.25) is 0 Å². The minimum atomic E-state index is 0.126. The molecule has 0 aliphatic heterocycles. The lowest BCUT2D eigenvalue weighted by Crippen LogP contribution is -2.24. The maximum atomic E-state index is 6.36. The van der Waals surface area contributed by atoms with E-state index in [9.17, 15) is 0 Å². The minimum absolute atomic E-state index is 0.126. The van der Waals surface area contributed by atoms with E-state index in [2.05, 4.69) is 24.4 Å². The number of hydrogen-bond acceptors (Lipinski definition) is 2. The Labute approximate surface area is 145 Å². The Kier molecular flexibility index (Phi) is 6.39. The summed E-state index contributed by atoms with van der Waals surface area (Å²) in [5.41, 5.74) is 3.34. The largest absolute Gasteiger partial charge is 0.310 e. The molecular formula is C16H18Cl3NS. The third-order valence-corrected chi connectivity index (χ3v) is 5.20. The fourth-order valence-corrected chi connectivity index (χ4v) is 4.13. The predicted octanol–water partition coefficient (Wildman–Crippen LogP) is 6.30. The number of thiophene rings is 1. The van der Waals surface area contributed by atoms with Crippen molar-refractivity contribution in [2.45, 2.75) is 32.7 Å². The van der Waals surface area contributed by atoms with E-state index in [0.717, 1.165) is 39.9 Å². The monoisotopic (exact) mass is 361 g/mol. The van der Waals surface area contributed by atoms with E-state index in [1.807, 2.05) is 19.1 Å². The smallest absolute Gasteiger partial charge is 0.0992 e. The summed E-state index contributed by atoms with van der Waals surface area (Å²) in [5.74, 6) is 0. The number of halogens is 3. The highest BCUT2D eigenvalue weighted by molar-refractivity contribution is 7.20. The highest BCUT2D eigenvalue weighted by atomic mass is 35.5. The third-order valence-electron chi connectivity index (χ3n) is 3.33. The lowest BCUT2D eigenvalue weighted by molar-refractivity contribution is 0.531. The first-order valence-electron chi connectivity index (χ1n) is 6.94. The summed E-state index contributed by atoms with van der Waals surface area (Å²) < 4.78 is 1.46. The van der Waals surface area contributed by atoms with Crippen molar-refractivity contribution in [3.63, 3.8) is 0 Å². The van der Waals surface area contributed by atoms with E-state index in [0.29, 0.717) is 4.34 Å². The van der Waals surface area contributed by atoms with Crippen molar-refractivity contribution in [1.82, 2.24) is 5.32 Å². The van der Waals surface area contributed by atoms with Crippen molar-refractivity contribution in [3.8, 4) is 0 Å². The standard InChI is InChI=1S/C16H18Cl3NS/c1-3-6-20-14(12-9-15(18)21-16(12)19)8-11-5-4-10(2)7-13(11)17/h4-5,7,9,14,20H,3,6,8H2,1-2H3. The number of rotatable bonds is 6. The van der Waals surface area contributed by atoms with Crippen molar-refractivity contribution >= 4 is 46.1 Å². The van der Waals surface area contributed by atoms with Crippen molar-refractivity contribution in [2.24, 2.45) is 0 Å². The Hall–Kier alpha value is -0.250. The molecule has 2 aromatic rings. The van der Waals surface area contributed by atoms with Crippen LogP contribution in [-0.4, -0.2) is 6.54 Å². The molecule has 2 rings (SSSR count). The molecule has 0 aliphatic rings. The Balaban J connectivity index is 2.26. The molecule has 0 fully saturated rings. The SMILES string of the molecule is CCCNC(Cc1ccc(C)cc1Cl)c1cc(Cl)sc1Cl. The molecule has 0 saturated heterocycles. The Morgan fingerprint density at radius 2 is 1.95 bits per heavy atom. The van der Waals surface area contributed by atoms with Crippen LogP contribution in [0, 0.1) is 6.92 Å². The maximum absolute atomic E-state index is 6.36. The van der Waals surface area contributed by atoms with Crippen LogP contribution in [0.4, 0.5) is 0 Å². The van der Waals surface area contributed by atoms with Crippen LogP contribution in [0.1, 0.15) is 36.1 Å². The van der Waals surface area contributed by atoms with Crippen LogP contribution in [0.25, 0.3) is 0 Å². The van der Waals surface area contributed by atoms with E-state index in [-0.39, 0.29) is 6.04 Å². The van der Waals surface area contributed by atoms with E-state index in [4.69, 9.17) is 34.8 Å². The Morgan fingerprint density at radius 3 is 2.52 bits per heavy atom. The third kappa shape index (κ3) is 4.61. The van der Waals surface area contributed by atoms with Gasteiger partial charge in [0.25, 0.3) is 0 Å². The van der Waals surface area contributed by atoms with Crippen LogP contribution >= 0.6 is 46.1 Å². The number of aryl methyl sites for hydroxylation is 1. The predicted molar refractivity (Wildman–Crippen MR) is 95.3 cm³/mol. The molecule has 1 atom stereocenters. The summed E-state index contributed by atoms with van der Waals surface area (Å²) in [6, 6.07) is 8.24. The maximum Gasteiger partial charge on any atom is 0.0992 e. The summed E-state index contributed by atoms with van der Waals surface area (Å²) in [4.78, 5) is 0. The van der Waals surface area contributed by atoms with Gasteiger partial charge < -0.3 is 5.32 Å². The zero-order valence-corrected chi connectivity index (χ0v) is 15.1. The number of hydrogen-bond donors (Lipinski definition) is 1. The van der Waals surface area contributed by atoms with Crippen molar-refractivity contribution < 1.29 is 0 Å². The first-order valence-corrected chi connectivity index (χ1v) is 8.89. The van der Waals surface area contributed by atoms with Crippen LogP contribution < -0.4 is 5.32 Å². The summed E-state index contributed by atoms with van der Waals surface area (Å²) >= 11 is 20.2. The van der Waals surface area contributed by atoms with Gasteiger partial charge in [-0.2, -0.15) is 0 Å². The van der Waals surface area contributed by atoms with Crippen LogP contribution in [0.2, 0.25) is 13.7 Å². The van der Waals surface area contributed by atoms with E-state index in [1.165, 1.54) is 16.9 Å². The molecule has 5 heteroatoms. The second-order valence-electron chi connectivity index (χ2n) is 5.09. The van der Waals surface area contributed by atoms with Gasteiger partial charge in [-0.1, -0.05) is 53.9 Å². The second kappa shape index (κ2) is 7.85. The van der Waals surface area contributed by atoms with E-state index >= 15 is 0 Å². The van der Waals surface area contributed by atoms with E-state index < -0.39 is 0 Å². The highest BCUT2D eigenvalue weighted by Crippen LogP contribution is 2.36. The summed E-state index contributed by atoms with van der Waals surface area (Å²) in [6.07, 6.45) is 1.86. The van der Waals surface area contributed by atoms with Gasteiger partial charge in [0.1, 0.15) is 0 Å².